The van der Waals surface area contributed by atoms with E-state index in [0.717, 1.165) is 31.5 Å². The molecule has 7 nitrogen and oxygen atoms in total. The fourth-order valence-corrected chi connectivity index (χ4v) is 5.56. The van der Waals surface area contributed by atoms with Gasteiger partial charge in [-0.25, -0.2) is 0 Å². The van der Waals surface area contributed by atoms with E-state index in [9.17, 15) is 20.0 Å². The van der Waals surface area contributed by atoms with Crippen LogP contribution in [0.2, 0.25) is 0 Å². The summed E-state index contributed by atoms with van der Waals surface area (Å²) in [5, 5.41) is 21.0. The number of hydrogen-bond donors (Lipinski definition) is 2. The van der Waals surface area contributed by atoms with Gasteiger partial charge in [-0.15, -0.1) is 11.8 Å². The van der Waals surface area contributed by atoms with Crippen LogP contribution in [-0.4, -0.2) is 70.1 Å². The summed E-state index contributed by atoms with van der Waals surface area (Å²) < 4.78 is 0. The van der Waals surface area contributed by atoms with E-state index in [2.05, 4.69) is 22.3 Å². The Bertz CT molecular complexity index is 789. The van der Waals surface area contributed by atoms with E-state index in [4.69, 9.17) is 0 Å². The number of hydrogen-bond acceptors (Lipinski definition) is 6. The van der Waals surface area contributed by atoms with Crippen molar-refractivity contribution in [2.75, 3.05) is 38.0 Å². The number of carboxylic acid groups (broad SMARTS) is 1. The molecule has 3 rings (SSSR count). The number of benzene rings is 1. The van der Waals surface area contributed by atoms with Crippen LogP contribution in [0.4, 0.5) is 5.69 Å². The molecule has 31 heavy (non-hydrogen) atoms. The molecule has 2 N–H and O–H groups in total. The first kappa shape index (κ1) is 23.4. The first-order valence-corrected chi connectivity index (χ1v) is 12.1. The summed E-state index contributed by atoms with van der Waals surface area (Å²) >= 11 is 1.29. The number of amides is 1. The van der Waals surface area contributed by atoms with E-state index in [0.29, 0.717) is 13.1 Å². The summed E-state index contributed by atoms with van der Waals surface area (Å²) in [5.74, 6) is -2.47. The molecule has 3 atom stereocenters. The zero-order chi connectivity index (χ0) is 22.2. The number of anilines is 1. The van der Waals surface area contributed by atoms with Crippen LogP contribution >= 0.6 is 11.8 Å². The van der Waals surface area contributed by atoms with E-state index in [1.165, 1.54) is 43.3 Å². The van der Waals surface area contributed by atoms with E-state index < -0.39 is 22.5 Å². The van der Waals surface area contributed by atoms with Gasteiger partial charge in [-0.05, 0) is 56.5 Å². The highest BCUT2D eigenvalue weighted by atomic mass is 32.2. The van der Waals surface area contributed by atoms with Gasteiger partial charge in [0.25, 0.3) is 0 Å². The number of likely N-dealkylation sites (tertiary alicyclic amines) is 1. The molecule has 2 aliphatic heterocycles. The number of nitriles is 1. The maximum absolute atomic E-state index is 12.9. The van der Waals surface area contributed by atoms with Gasteiger partial charge in [0.2, 0.25) is 5.91 Å². The fourth-order valence-electron chi connectivity index (χ4n) is 4.10. The minimum absolute atomic E-state index is 0.0836. The van der Waals surface area contributed by atoms with E-state index >= 15 is 0 Å². The lowest BCUT2D eigenvalue weighted by molar-refractivity contribution is -0.141. The number of rotatable bonds is 11. The molecule has 168 valence electrons. The molecule has 2 aliphatic rings. The van der Waals surface area contributed by atoms with Crippen LogP contribution in [0.5, 0.6) is 0 Å². The summed E-state index contributed by atoms with van der Waals surface area (Å²) in [7, 11) is 0. The molecule has 0 aromatic heterocycles. The molecule has 0 bridgehead atoms. The normalized spacial score (nSPS) is 22.5. The van der Waals surface area contributed by atoms with Crippen LogP contribution in [0.1, 0.15) is 38.2 Å². The second kappa shape index (κ2) is 11.4. The van der Waals surface area contributed by atoms with E-state index in [-0.39, 0.29) is 5.91 Å². The summed E-state index contributed by atoms with van der Waals surface area (Å²) in [4.78, 5) is 28.5. The van der Waals surface area contributed by atoms with Crippen LogP contribution in [0.3, 0.4) is 0 Å². The van der Waals surface area contributed by atoms with Crippen molar-refractivity contribution in [3.63, 3.8) is 0 Å². The highest BCUT2D eigenvalue weighted by Crippen LogP contribution is 2.36. The Morgan fingerprint density at radius 2 is 2.00 bits per heavy atom. The Hall–Kier alpha value is -2.24. The van der Waals surface area contributed by atoms with Crippen molar-refractivity contribution in [1.82, 2.24) is 9.80 Å². The summed E-state index contributed by atoms with van der Waals surface area (Å²) in [6.45, 7) is 6.43. The van der Waals surface area contributed by atoms with Gasteiger partial charge in [-0.3, -0.25) is 9.59 Å². The van der Waals surface area contributed by atoms with Crippen LogP contribution < -0.4 is 5.32 Å². The average molecular weight is 445 g/mol. The van der Waals surface area contributed by atoms with Gasteiger partial charge in [0.1, 0.15) is 10.6 Å². The van der Waals surface area contributed by atoms with Crippen molar-refractivity contribution in [1.29, 1.82) is 5.26 Å². The Balaban J connectivity index is 1.55. The van der Waals surface area contributed by atoms with Gasteiger partial charge < -0.3 is 20.2 Å². The lowest BCUT2D eigenvalue weighted by Crippen LogP contribution is -2.41. The van der Waals surface area contributed by atoms with Crippen molar-refractivity contribution in [2.24, 2.45) is 5.92 Å². The third kappa shape index (κ3) is 6.14. The lowest BCUT2D eigenvalue weighted by Gasteiger charge is -2.24. The van der Waals surface area contributed by atoms with Gasteiger partial charge in [0.05, 0.1) is 6.07 Å². The third-order valence-corrected chi connectivity index (χ3v) is 7.48. The summed E-state index contributed by atoms with van der Waals surface area (Å²) in [5.41, 5.74) is 2.24. The van der Waals surface area contributed by atoms with E-state index in [1.807, 2.05) is 25.1 Å². The highest BCUT2D eigenvalue weighted by molar-refractivity contribution is 8.01. The molecule has 1 aromatic rings. The molecule has 1 aromatic carbocycles. The number of unbranched alkanes of at least 4 members (excludes halogenated alkanes) is 1. The Morgan fingerprint density at radius 1 is 1.29 bits per heavy atom. The van der Waals surface area contributed by atoms with Crippen molar-refractivity contribution in [3.05, 3.63) is 29.8 Å². The predicted molar refractivity (Wildman–Crippen MR) is 123 cm³/mol. The molecular formula is C23H32N4O3S. The Morgan fingerprint density at radius 3 is 2.61 bits per heavy atom. The number of carbonyl (C=O) groups excluding carboxylic acids is 1. The number of thioether (sulfide) groups is 1. The molecule has 1 amide bonds. The van der Waals surface area contributed by atoms with Gasteiger partial charge in [0, 0.05) is 25.3 Å². The number of carbonyl (C=O) groups is 2. The molecular weight excluding hydrogens is 412 g/mol. The Kier molecular flexibility index (Phi) is 8.61. The minimum atomic E-state index is -1.22. The molecule has 2 unspecified atom stereocenters. The van der Waals surface area contributed by atoms with Gasteiger partial charge in [-0.2, -0.15) is 5.26 Å². The largest absolute Gasteiger partial charge is 0.480 e. The Labute approximate surface area is 188 Å². The monoisotopic (exact) mass is 444 g/mol. The molecule has 8 heteroatoms. The maximum atomic E-state index is 12.9. The zero-order valence-corrected chi connectivity index (χ0v) is 18.9. The SMILES string of the molecule is CCCCN1C(=O)C(CNc2ccc(CCN3CCCC3)cc2)SC1[C@H](C#N)C(=O)O. The van der Waals surface area contributed by atoms with Gasteiger partial charge in [-0.1, -0.05) is 25.5 Å². The minimum Gasteiger partial charge on any atom is -0.480 e. The van der Waals surface area contributed by atoms with E-state index in [1.54, 1.807) is 4.90 Å². The van der Waals surface area contributed by atoms with Crippen LogP contribution in [0.15, 0.2) is 24.3 Å². The van der Waals surface area contributed by atoms with Crippen molar-refractivity contribution in [2.45, 2.75) is 49.7 Å². The first-order chi connectivity index (χ1) is 15.0. The molecule has 0 spiro atoms. The number of carboxylic acids is 1. The lowest BCUT2D eigenvalue weighted by atomic mass is 10.1. The summed E-state index contributed by atoms with van der Waals surface area (Å²) in [6, 6.07) is 10.2. The zero-order valence-electron chi connectivity index (χ0n) is 18.1. The second-order valence-corrected chi connectivity index (χ2v) is 9.55. The fraction of sp³-hybridized carbons (Fsp3) is 0.609. The molecule has 0 radical (unpaired) electrons. The molecule has 2 saturated heterocycles. The predicted octanol–water partition coefficient (Wildman–Crippen LogP) is 3.03. The molecule has 0 aliphatic carbocycles. The quantitative estimate of drug-likeness (QED) is 0.541. The van der Waals surface area contributed by atoms with Crippen molar-refractivity contribution in [3.8, 4) is 6.07 Å². The average Bonchev–Trinajstić information content (AvgIpc) is 3.39. The second-order valence-electron chi connectivity index (χ2n) is 8.22. The smallest absolute Gasteiger partial charge is 0.323 e. The number of nitrogens with one attached hydrogen (secondary N) is 1. The number of aliphatic carboxylic acids is 1. The highest BCUT2D eigenvalue weighted by Gasteiger charge is 2.46. The van der Waals surface area contributed by atoms with Crippen LogP contribution in [0.25, 0.3) is 0 Å². The topological polar surface area (TPSA) is 96.7 Å². The third-order valence-electron chi connectivity index (χ3n) is 5.97. The van der Waals surface area contributed by atoms with Gasteiger partial charge in [0.15, 0.2) is 5.92 Å². The van der Waals surface area contributed by atoms with Crippen molar-refractivity contribution >= 4 is 29.3 Å². The molecule has 2 fully saturated rings. The first-order valence-electron chi connectivity index (χ1n) is 11.2. The van der Waals surface area contributed by atoms with Crippen molar-refractivity contribution < 1.29 is 14.7 Å². The van der Waals surface area contributed by atoms with Gasteiger partial charge >= 0.3 is 5.97 Å². The molecule has 2 heterocycles. The van der Waals surface area contributed by atoms with Crippen LogP contribution in [-0.2, 0) is 16.0 Å². The number of nitrogens with zero attached hydrogens (tertiary/aromatic N) is 3. The maximum Gasteiger partial charge on any atom is 0.323 e. The molecule has 0 saturated carbocycles. The standard InChI is InChI=1S/C23H32N4O3S/c1-2-3-13-27-21(28)20(31-22(27)19(15-24)23(29)30)16-25-18-8-6-17(7-9-18)10-14-26-11-4-5-12-26/h6-9,19-20,22,25H,2-5,10-14,16H2,1H3,(H,29,30)/t19-,20?,22?/m0/s1. The van der Waals surface area contributed by atoms with Crippen LogP contribution in [0, 0.1) is 17.2 Å². The summed E-state index contributed by atoms with van der Waals surface area (Å²) in [6.07, 6.45) is 5.34.